The molecule has 0 amide bonds. The highest BCUT2D eigenvalue weighted by atomic mass is 15.0. The average molecular weight is 217 g/mol. The highest BCUT2D eigenvalue weighted by Gasteiger charge is 2.19. The van der Waals surface area contributed by atoms with Gasteiger partial charge in [-0.15, -0.1) is 0 Å². The standard InChI is InChI=1S/C13H19N3/c1-2-7-12-11(6-1)13(16-9-15-12)14-8-10-4-3-5-10/h9-10H,1-8H2,(H,14,15,16). The lowest BCUT2D eigenvalue weighted by Gasteiger charge is -2.26. The average Bonchev–Trinajstić information content (AvgIpc) is 2.27. The first kappa shape index (κ1) is 10.1. The van der Waals surface area contributed by atoms with Crippen LogP contribution in [0.15, 0.2) is 6.33 Å². The van der Waals surface area contributed by atoms with Crippen LogP contribution in [0.25, 0.3) is 0 Å². The van der Waals surface area contributed by atoms with Crippen LogP contribution in [0.3, 0.4) is 0 Å². The van der Waals surface area contributed by atoms with Crippen molar-refractivity contribution in [1.29, 1.82) is 0 Å². The van der Waals surface area contributed by atoms with Crippen molar-refractivity contribution in [3.05, 3.63) is 17.6 Å². The van der Waals surface area contributed by atoms with Crippen molar-refractivity contribution in [2.24, 2.45) is 5.92 Å². The molecule has 0 spiro atoms. The molecule has 1 aromatic rings. The van der Waals surface area contributed by atoms with Gasteiger partial charge < -0.3 is 5.32 Å². The Hall–Kier alpha value is -1.12. The van der Waals surface area contributed by atoms with Crippen LogP contribution in [0.5, 0.6) is 0 Å². The SMILES string of the molecule is c1nc2c(c(NCC3CCC3)n1)CCCC2. The number of hydrogen-bond acceptors (Lipinski definition) is 3. The van der Waals surface area contributed by atoms with E-state index in [1.165, 1.54) is 43.4 Å². The van der Waals surface area contributed by atoms with Crippen LogP contribution in [0, 0.1) is 5.92 Å². The van der Waals surface area contributed by atoms with Crippen LogP contribution in [0.1, 0.15) is 43.4 Å². The Morgan fingerprint density at radius 3 is 2.81 bits per heavy atom. The zero-order valence-corrected chi connectivity index (χ0v) is 9.71. The molecular formula is C13H19N3. The zero-order valence-electron chi connectivity index (χ0n) is 9.71. The molecule has 1 aromatic heterocycles. The molecule has 2 aliphatic rings. The molecule has 0 aliphatic heterocycles. The van der Waals surface area contributed by atoms with Crippen molar-refractivity contribution in [2.75, 3.05) is 11.9 Å². The smallest absolute Gasteiger partial charge is 0.132 e. The summed E-state index contributed by atoms with van der Waals surface area (Å²) >= 11 is 0. The summed E-state index contributed by atoms with van der Waals surface area (Å²) in [6, 6.07) is 0. The number of rotatable bonds is 3. The van der Waals surface area contributed by atoms with Gasteiger partial charge in [-0.25, -0.2) is 9.97 Å². The van der Waals surface area contributed by atoms with E-state index in [9.17, 15) is 0 Å². The lowest BCUT2D eigenvalue weighted by atomic mass is 9.85. The van der Waals surface area contributed by atoms with Crippen molar-refractivity contribution >= 4 is 5.82 Å². The molecule has 16 heavy (non-hydrogen) atoms. The molecule has 0 aromatic carbocycles. The van der Waals surface area contributed by atoms with E-state index in [-0.39, 0.29) is 0 Å². The number of nitrogens with zero attached hydrogens (tertiary/aromatic N) is 2. The van der Waals surface area contributed by atoms with Crippen molar-refractivity contribution in [2.45, 2.75) is 44.9 Å². The summed E-state index contributed by atoms with van der Waals surface area (Å²) < 4.78 is 0. The van der Waals surface area contributed by atoms with Crippen LogP contribution >= 0.6 is 0 Å². The lowest BCUT2D eigenvalue weighted by molar-refractivity contribution is 0.333. The molecule has 1 N–H and O–H groups in total. The topological polar surface area (TPSA) is 37.8 Å². The fourth-order valence-corrected chi connectivity index (χ4v) is 2.61. The van der Waals surface area contributed by atoms with E-state index >= 15 is 0 Å². The molecule has 3 heteroatoms. The third-order valence-electron chi connectivity index (χ3n) is 3.91. The minimum atomic E-state index is 0.884. The first-order chi connectivity index (χ1) is 7.93. The van der Waals surface area contributed by atoms with Crippen LogP contribution < -0.4 is 5.32 Å². The maximum atomic E-state index is 4.40. The molecule has 1 saturated carbocycles. The highest BCUT2D eigenvalue weighted by molar-refractivity contribution is 5.46. The van der Waals surface area contributed by atoms with Crippen LogP contribution in [0.4, 0.5) is 5.82 Å². The van der Waals surface area contributed by atoms with Crippen molar-refractivity contribution in [3.8, 4) is 0 Å². The number of nitrogens with one attached hydrogen (secondary N) is 1. The molecule has 1 fully saturated rings. The van der Waals surface area contributed by atoms with Gasteiger partial charge in [0.15, 0.2) is 0 Å². The third kappa shape index (κ3) is 1.91. The minimum Gasteiger partial charge on any atom is -0.369 e. The summed E-state index contributed by atoms with van der Waals surface area (Å²) in [5, 5.41) is 3.52. The first-order valence-corrected chi connectivity index (χ1v) is 6.50. The molecule has 1 heterocycles. The minimum absolute atomic E-state index is 0.884. The van der Waals surface area contributed by atoms with Crippen molar-refractivity contribution in [3.63, 3.8) is 0 Å². The van der Waals surface area contributed by atoms with Gasteiger partial charge in [0.2, 0.25) is 0 Å². The fraction of sp³-hybridized carbons (Fsp3) is 0.692. The summed E-state index contributed by atoms with van der Waals surface area (Å²) in [6.45, 7) is 1.10. The Bertz CT molecular complexity index is 371. The van der Waals surface area contributed by atoms with Crippen LogP contribution in [-0.4, -0.2) is 16.5 Å². The number of aromatic nitrogens is 2. The molecule has 86 valence electrons. The van der Waals surface area contributed by atoms with Gasteiger partial charge in [-0.3, -0.25) is 0 Å². The number of hydrogen-bond donors (Lipinski definition) is 1. The Morgan fingerprint density at radius 1 is 1.12 bits per heavy atom. The van der Waals surface area contributed by atoms with Gasteiger partial charge in [0, 0.05) is 17.8 Å². The second-order valence-electron chi connectivity index (χ2n) is 5.03. The maximum absolute atomic E-state index is 4.40. The number of anilines is 1. The Labute approximate surface area is 96.7 Å². The van der Waals surface area contributed by atoms with Gasteiger partial charge in [-0.1, -0.05) is 6.42 Å². The van der Waals surface area contributed by atoms with E-state index in [0.717, 1.165) is 31.1 Å². The molecule has 3 nitrogen and oxygen atoms in total. The quantitative estimate of drug-likeness (QED) is 0.845. The second-order valence-corrected chi connectivity index (χ2v) is 5.03. The molecule has 0 atom stereocenters. The summed E-state index contributed by atoms with van der Waals surface area (Å²) in [5.41, 5.74) is 2.66. The Kier molecular flexibility index (Phi) is 2.77. The van der Waals surface area contributed by atoms with E-state index in [1.54, 1.807) is 6.33 Å². The van der Waals surface area contributed by atoms with Gasteiger partial charge in [-0.2, -0.15) is 0 Å². The van der Waals surface area contributed by atoms with Gasteiger partial charge >= 0.3 is 0 Å². The monoisotopic (exact) mass is 217 g/mol. The predicted octanol–water partition coefficient (Wildman–Crippen LogP) is 2.57. The van der Waals surface area contributed by atoms with Gasteiger partial charge in [0.25, 0.3) is 0 Å². The van der Waals surface area contributed by atoms with E-state index in [1.807, 2.05) is 0 Å². The maximum Gasteiger partial charge on any atom is 0.132 e. The van der Waals surface area contributed by atoms with E-state index in [4.69, 9.17) is 0 Å². The molecule has 0 saturated heterocycles. The van der Waals surface area contributed by atoms with Gasteiger partial charge in [-0.05, 0) is 44.4 Å². The van der Waals surface area contributed by atoms with Gasteiger partial charge in [0.05, 0.1) is 0 Å². The second kappa shape index (κ2) is 4.40. The molecular weight excluding hydrogens is 198 g/mol. The normalized spacial score (nSPS) is 20.0. The predicted molar refractivity (Wildman–Crippen MR) is 64.5 cm³/mol. The molecule has 2 aliphatic carbocycles. The van der Waals surface area contributed by atoms with E-state index in [0.29, 0.717) is 0 Å². The van der Waals surface area contributed by atoms with E-state index in [2.05, 4.69) is 15.3 Å². The summed E-state index contributed by atoms with van der Waals surface area (Å²) in [5.74, 6) is 1.99. The Balaban J connectivity index is 1.72. The Morgan fingerprint density at radius 2 is 2.00 bits per heavy atom. The first-order valence-electron chi connectivity index (χ1n) is 6.50. The summed E-state index contributed by atoms with van der Waals surface area (Å²) in [7, 11) is 0. The third-order valence-corrected chi connectivity index (χ3v) is 3.91. The van der Waals surface area contributed by atoms with Crippen LogP contribution in [-0.2, 0) is 12.8 Å². The lowest BCUT2D eigenvalue weighted by Crippen LogP contribution is -2.22. The molecule has 0 bridgehead atoms. The van der Waals surface area contributed by atoms with Crippen molar-refractivity contribution < 1.29 is 0 Å². The number of fused-ring (bicyclic) bond motifs is 1. The zero-order chi connectivity index (χ0) is 10.8. The summed E-state index contributed by atoms with van der Waals surface area (Å²) in [4.78, 5) is 8.79. The van der Waals surface area contributed by atoms with Crippen LogP contribution in [0.2, 0.25) is 0 Å². The van der Waals surface area contributed by atoms with Gasteiger partial charge in [0.1, 0.15) is 12.1 Å². The van der Waals surface area contributed by atoms with E-state index < -0.39 is 0 Å². The molecule has 0 unspecified atom stereocenters. The number of aryl methyl sites for hydroxylation is 1. The largest absolute Gasteiger partial charge is 0.369 e. The fourth-order valence-electron chi connectivity index (χ4n) is 2.61. The summed E-state index contributed by atoms with van der Waals surface area (Å²) in [6.07, 6.45) is 10.8. The highest BCUT2D eigenvalue weighted by Crippen LogP contribution is 2.28. The van der Waals surface area contributed by atoms with Crippen molar-refractivity contribution in [1.82, 2.24) is 9.97 Å². The molecule has 0 radical (unpaired) electrons. The molecule has 3 rings (SSSR count).